The molecule has 2 aromatic rings. The zero-order chi connectivity index (χ0) is 18.1. The number of rotatable bonds is 7. The molecule has 2 fully saturated rings. The summed E-state index contributed by atoms with van der Waals surface area (Å²) >= 11 is 0. The van der Waals surface area contributed by atoms with Crippen LogP contribution in [-0.4, -0.2) is 47.7 Å². The molecule has 8 heteroatoms. The Morgan fingerprint density at radius 2 is 2.08 bits per heavy atom. The number of ether oxygens (including phenoxy) is 1. The molecule has 2 aliphatic rings. The first-order valence-corrected chi connectivity index (χ1v) is 10.5. The van der Waals surface area contributed by atoms with Crippen molar-refractivity contribution in [3.63, 3.8) is 0 Å². The van der Waals surface area contributed by atoms with E-state index in [9.17, 15) is 8.42 Å². The predicted octanol–water partition coefficient (Wildman–Crippen LogP) is 1.95. The molecule has 0 N–H and O–H groups in total. The van der Waals surface area contributed by atoms with Gasteiger partial charge in [-0.1, -0.05) is 6.07 Å². The fourth-order valence-electron chi connectivity index (χ4n) is 3.52. The number of sulfonamides is 1. The maximum atomic E-state index is 12.9. The van der Waals surface area contributed by atoms with Crippen LogP contribution in [0.1, 0.15) is 25.1 Å². The van der Waals surface area contributed by atoms with Crippen LogP contribution < -0.4 is 4.74 Å². The maximum absolute atomic E-state index is 12.9. The molecular weight excluding hydrogens is 352 g/mol. The Hall–Kier alpha value is -1.93. The predicted molar refractivity (Wildman–Crippen MR) is 96.3 cm³/mol. The normalized spacial score (nSPS) is 21.2. The van der Waals surface area contributed by atoms with Gasteiger partial charge in [-0.3, -0.25) is 0 Å². The van der Waals surface area contributed by atoms with Crippen LogP contribution >= 0.6 is 0 Å². The molecule has 0 bridgehead atoms. The quantitative estimate of drug-likeness (QED) is 0.738. The van der Waals surface area contributed by atoms with E-state index in [-0.39, 0.29) is 10.8 Å². The molecule has 1 atom stereocenters. The van der Waals surface area contributed by atoms with E-state index in [4.69, 9.17) is 4.74 Å². The van der Waals surface area contributed by atoms with Crippen LogP contribution in [0, 0.1) is 11.8 Å². The molecule has 1 aliphatic heterocycles. The zero-order valence-corrected chi connectivity index (χ0v) is 15.7. The largest absolute Gasteiger partial charge is 0.497 e. The van der Waals surface area contributed by atoms with Gasteiger partial charge in [0.2, 0.25) is 10.0 Å². The van der Waals surface area contributed by atoms with Gasteiger partial charge in [-0.25, -0.2) is 8.42 Å². The summed E-state index contributed by atoms with van der Waals surface area (Å²) in [5.41, 5.74) is 0. The first-order valence-electron chi connectivity index (χ1n) is 9.07. The molecule has 0 spiro atoms. The van der Waals surface area contributed by atoms with Gasteiger partial charge in [-0.2, -0.15) is 4.31 Å². The third kappa shape index (κ3) is 3.61. The molecule has 1 saturated carbocycles. The van der Waals surface area contributed by atoms with Crippen molar-refractivity contribution < 1.29 is 13.2 Å². The second-order valence-corrected chi connectivity index (χ2v) is 9.18. The second-order valence-electron chi connectivity index (χ2n) is 7.24. The average molecular weight is 376 g/mol. The Morgan fingerprint density at radius 1 is 1.23 bits per heavy atom. The number of methoxy groups -OCH3 is 1. The van der Waals surface area contributed by atoms with E-state index in [0.29, 0.717) is 18.8 Å². The molecule has 4 rings (SSSR count). The van der Waals surface area contributed by atoms with Crippen LogP contribution in [0.5, 0.6) is 5.75 Å². The number of hydrogen-bond donors (Lipinski definition) is 0. The van der Waals surface area contributed by atoms with Crippen LogP contribution in [0.25, 0.3) is 0 Å². The number of aromatic nitrogens is 3. The zero-order valence-electron chi connectivity index (χ0n) is 14.9. The Kier molecular flexibility index (Phi) is 4.71. The van der Waals surface area contributed by atoms with Gasteiger partial charge in [0.1, 0.15) is 17.9 Å². The van der Waals surface area contributed by atoms with Gasteiger partial charge >= 0.3 is 0 Å². The highest BCUT2D eigenvalue weighted by Crippen LogP contribution is 2.32. The molecule has 0 amide bonds. The minimum atomic E-state index is -3.49. The summed E-state index contributed by atoms with van der Waals surface area (Å²) < 4.78 is 34.7. The lowest BCUT2D eigenvalue weighted by molar-refractivity contribution is 0.412. The van der Waals surface area contributed by atoms with Crippen molar-refractivity contribution in [1.29, 1.82) is 0 Å². The van der Waals surface area contributed by atoms with Crippen molar-refractivity contribution >= 4 is 10.0 Å². The standard InChI is InChI=1S/C18H24N4O3S/c1-25-16-3-2-4-17(10-16)26(23,24)22-8-7-15(12-22)9-18-20-19-13-21(18)11-14-5-6-14/h2-4,10,13-15H,5-9,11-12H2,1H3. The fourth-order valence-corrected chi connectivity index (χ4v) is 5.09. The van der Waals surface area contributed by atoms with E-state index in [0.717, 1.165) is 31.1 Å². The summed E-state index contributed by atoms with van der Waals surface area (Å²) in [5, 5.41) is 8.30. The topological polar surface area (TPSA) is 77.3 Å². The lowest BCUT2D eigenvalue weighted by Gasteiger charge is -2.17. The van der Waals surface area contributed by atoms with E-state index < -0.39 is 10.0 Å². The average Bonchev–Trinajstić information content (AvgIpc) is 3.15. The molecule has 7 nitrogen and oxygen atoms in total. The monoisotopic (exact) mass is 376 g/mol. The summed E-state index contributed by atoms with van der Waals surface area (Å²) in [6.45, 7) is 2.05. The Balaban J connectivity index is 1.43. The van der Waals surface area contributed by atoms with Crippen molar-refractivity contribution in [1.82, 2.24) is 19.1 Å². The molecule has 1 aromatic carbocycles. The minimum Gasteiger partial charge on any atom is -0.497 e. The number of benzene rings is 1. The van der Waals surface area contributed by atoms with E-state index in [1.807, 2.05) is 0 Å². The molecule has 1 aliphatic carbocycles. The highest BCUT2D eigenvalue weighted by Gasteiger charge is 2.33. The van der Waals surface area contributed by atoms with E-state index >= 15 is 0 Å². The summed E-state index contributed by atoms with van der Waals surface area (Å²) in [5.74, 6) is 2.56. The number of nitrogens with zero attached hydrogens (tertiary/aromatic N) is 4. The highest BCUT2D eigenvalue weighted by molar-refractivity contribution is 7.89. The minimum absolute atomic E-state index is 0.275. The van der Waals surface area contributed by atoms with E-state index in [1.54, 1.807) is 34.9 Å². The van der Waals surface area contributed by atoms with Gasteiger partial charge in [0.05, 0.1) is 12.0 Å². The van der Waals surface area contributed by atoms with Gasteiger partial charge in [0.25, 0.3) is 0 Å². The molecule has 1 unspecified atom stereocenters. The fraction of sp³-hybridized carbons (Fsp3) is 0.556. The van der Waals surface area contributed by atoms with Crippen molar-refractivity contribution in [2.45, 2.75) is 37.1 Å². The summed E-state index contributed by atoms with van der Waals surface area (Å²) in [6.07, 6.45) is 5.99. The highest BCUT2D eigenvalue weighted by atomic mass is 32.2. The van der Waals surface area contributed by atoms with Crippen molar-refractivity contribution in [2.24, 2.45) is 11.8 Å². The Labute approximate surface area is 154 Å². The van der Waals surface area contributed by atoms with Crippen LogP contribution in [-0.2, 0) is 23.0 Å². The molecule has 26 heavy (non-hydrogen) atoms. The smallest absolute Gasteiger partial charge is 0.243 e. The van der Waals surface area contributed by atoms with Crippen molar-refractivity contribution in [3.05, 3.63) is 36.4 Å². The van der Waals surface area contributed by atoms with Gasteiger partial charge in [-0.05, 0) is 43.2 Å². The molecule has 1 aromatic heterocycles. The van der Waals surface area contributed by atoms with E-state index in [1.165, 1.54) is 20.0 Å². The summed E-state index contributed by atoms with van der Waals surface area (Å²) in [6, 6.07) is 6.66. The number of hydrogen-bond acceptors (Lipinski definition) is 5. The van der Waals surface area contributed by atoms with Crippen LogP contribution in [0.3, 0.4) is 0 Å². The first-order chi connectivity index (χ1) is 12.6. The molecule has 0 radical (unpaired) electrons. The maximum Gasteiger partial charge on any atom is 0.243 e. The molecule has 1 saturated heterocycles. The van der Waals surface area contributed by atoms with Crippen LogP contribution in [0.4, 0.5) is 0 Å². The van der Waals surface area contributed by atoms with Gasteiger partial charge in [0, 0.05) is 32.1 Å². The van der Waals surface area contributed by atoms with Gasteiger partial charge < -0.3 is 9.30 Å². The first kappa shape index (κ1) is 17.5. The molecule has 2 heterocycles. The molecular formula is C18H24N4O3S. The third-order valence-electron chi connectivity index (χ3n) is 5.25. The third-order valence-corrected chi connectivity index (χ3v) is 7.11. The lowest BCUT2D eigenvalue weighted by Crippen LogP contribution is -2.29. The summed E-state index contributed by atoms with van der Waals surface area (Å²) in [7, 11) is -1.95. The lowest BCUT2D eigenvalue weighted by atomic mass is 10.0. The van der Waals surface area contributed by atoms with Gasteiger partial charge in [-0.15, -0.1) is 10.2 Å². The molecule has 140 valence electrons. The SMILES string of the molecule is COc1cccc(S(=O)(=O)N2CCC(Cc3nncn3CC3CC3)C2)c1. The van der Waals surface area contributed by atoms with E-state index in [2.05, 4.69) is 14.8 Å². The Morgan fingerprint density at radius 3 is 2.85 bits per heavy atom. The van der Waals surface area contributed by atoms with Gasteiger partial charge in [0.15, 0.2) is 0 Å². The Bertz CT molecular complexity index is 876. The van der Waals surface area contributed by atoms with Crippen molar-refractivity contribution in [2.75, 3.05) is 20.2 Å². The van der Waals surface area contributed by atoms with Crippen LogP contribution in [0.15, 0.2) is 35.5 Å². The second kappa shape index (κ2) is 7.00. The van der Waals surface area contributed by atoms with Crippen molar-refractivity contribution in [3.8, 4) is 5.75 Å². The van der Waals surface area contributed by atoms with Crippen LogP contribution in [0.2, 0.25) is 0 Å². The summed E-state index contributed by atoms with van der Waals surface area (Å²) in [4.78, 5) is 0.286.